The van der Waals surface area contributed by atoms with E-state index in [4.69, 9.17) is 16.3 Å². The number of aromatic amines is 1. The van der Waals surface area contributed by atoms with Crippen molar-refractivity contribution < 1.29 is 13.5 Å². The minimum atomic E-state index is -1.07. The first-order chi connectivity index (χ1) is 17.7. The molecule has 190 valence electrons. The summed E-state index contributed by atoms with van der Waals surface area (Å²) in [6.45, 7) is 1.32. The van der Waals surface area contributed by atoms with E-state index in [-0.39, 0.29) is 40.8 Å². The molecule has 0 amide bonds. The molecule has 0 saturated heterocycles. The van der Waals surface area contributed by atoms with E-state index in [1.54, 1.807) is 18.2 Å². The lowest BCUT2D eigenvalue weighted by molar-refractivity contribution is 0.357. The molecule has 2 aromatic carbocycles. The predicted octanol–water partition coefficient (Wildman–Crippen LogP) is 3.11. The highest BCUT2D eigenvalue weighted by molar-refractivity contribution is 6.33. The van der Waals surface area contributed by atoms with Crippen molar-refractivity contribution in [3.63, 3.8) is 0 Å². The third-order valence-electron chi connectivity index (χ3n) is 6.01. The highest BCUT2D eigenvalue weighted by Gasteiger charge is 2.20. The number of H-pyrrole nitrogens is 1. The smallest absolute Gasteiger partial charge is 0.355 e. The second kappa shape index (κ2) is 9.66. The Kier molecular flexibility index (Phi) is 6.38. The lowest BCUT2D eigenvalue weighted by atomic mass is 10.1. The number of hydrogen-bond donors (Lipinski definition) is 2. The molecule has 0 spiro atoms. The van der Waals surface area contributed by atoms with Crippen molar-refractivity contribution >= 4 is 23.2 Å². The Morgan fingerprint density at radius 1 is 1.14 bits per heavy atom. The first-order valence-corrected chi connectivity index (χ1v) is 11.6. The molecule has 0 unspecified atom stereocenters. The highest BCUT2D eigenvalue weighted by Crippen LogP contribution is 2.35. The molecule has 0 fully saturated rings. The Labute approximate surface area is 213 Å². The Morgan fingerprint density at radius 3 is 2.70 bits per heavy atom. The quantitative estimate of drug-likeness (QED) is 0.399. The fraction of sp³-hybridized carbons (Fsp3) is 0.200. The van der Waals surface area contributed by atoms with E-state index < -0.39 is 28.6 Å². The minimum Gasteiger partial charge on any atom is -0.493 e. The predicted molar refractivity (Wildman–Crippen MR) is 133 cm³/mol. The normalized spacial score (nSPS) is 12.3. The van der Waals surface area contributed by atoms with Gasteiger partial charge in [-0.3, -0.25) is 9.36 Å². The summed E-state index contributed by atoms with van der Waals surface area (Å²) in [4.78, 5) is 45.1. The SMILES string of the molecule is Cc1cc(Cn2c(Nc3cc4c(cc3Cl)OCC4)nc(=O)n(Cc3ccc[nH]c3=O)c2=O)cc(F)c1F. The zero-order chi connectivity index (χ0) is 26.3. The maximum Gasteiger partial charge on any atom is 0.355 e. The van der Waals surface area contributed by atoms with Gasteiger partial charge in [0.25, 0.3) is 5.56 Å². The molecule has 1 aliphatic rings. The van der Waals surface area contributed by atoms with Crippen LogP contribution in [0.2, 0.25) is 5.02 Å². The number of rotatable bonds is 6. The van der Waals surface area contributed by atoms with Crippen LogP contribution in [0, 0.1) is 18.6 Å². The first kappa shape index (κ1) is 24.4. The monoisotopic (exact) mass is 527 g/mol. The van der Waals surface area contributed by atoms with Gasteiger partial charge in [-0.25, -0.2) is 22.9 Å². The fourth-order valence-corrected chi connectivity index (χ4v) is 4.34. The van der Waals surface area contributed by atoms with Crippen molar-refractivity contribution in [2.45, 2.75) is 26.4 Å². The molecular weight excluding hydrogens is 508 g/mol. The summed E-state index contributed by atoms with van der Waals surface area (Å²) in [5.41, 5.74) is -0.441. The van der Waals surface area contributed by atoms with Gasteiger partial charge in [-0.2, -0.15) is 4.98 Å². The van der Waals surface area contributed by atoms with Crippen molar-refractivity contribution in [3.05, 3.63) is 113 Å². The molecule has 37 heavy (non-hydrogen) atoms. The van der Waals surface area contributed by atoms with Crippen molar-refractivity contribution in [3.8, 4) is 5.75 Å². The van der Waals surface area contributed by atoms with Crippen molar-refractivity contribution in [1.82, 2.24) is 19.1 Å². The van der Waals surface area contributed by atoms with Crippen LogP contribution in [0.25, 0.3) is 0 Å². The van der Waals surface area contributed by atoms with E-state index in [0.717, 1.165) is 20.8 Å². The summed E-state index contributed by atoms with van der Waals surface area (Å²) in [6.07, 6.45) is 2.08. The number of ether oxygens (including phenoxy) is 1. The third kappa shape index (κ3) is 4.77. The minimum absolute atomic E-state index is 0.0522. The van der Waals surface area contributed by atoms with Crippen LogP contribution in [0.5, 0.6) is 5.75 Å². The lowest BCUT2D eigenvalue weighted by Gasteiger charge is -2.17. The molecule has 2 aromatic heterocycles. The third-order valence-corrected chi connectivity index (χ3v) is 6.33. The molecule has 12 heteroatoms. The number of fused-ring (bicyclic) bond motifs is 1. The van der Waals surface area contributed by atoms with Gasteiger partial charge < -0.3 is 15.0 Å². The number of benzene rings is 2. The second-order valence-corrected chi connectivity index (χ2v) is 8.98. The van der Waals surface area contributed by atoms with E-state index in [1.165, 1.54) is 25.3 Å². The average molecular weight is 528 g/mol. The molecule has 5 rings (SSSR count). The summed E-state index contributed by atoms with van der Waals surface area (Å²) in [5, 5.41) is 3.20. The summed E-state index contributed by atoms with van der Waals surface area (Å²) in [6, 6.07) is 8.76. The van der Waals surface area contributed by atoms with Gasteiger partial charge in [-0.1, -0.05) is 23.7 Å². The molecule has 2 N–H and O–H groups in total. The van der Waals surface area contributed by atoms with Crippen LogP contribution in [0.15, 0.2) is 57.0 Å². The molecule has 0 atom stereocenters. The van der Waals surface area contributed by atoms with Crippen LogP contribution in [0.4, 0.5) is 20.4 Å². The van der Waals surface area contributed by atoms with E-state index in [0.29, 0.717) is 24.5 Å². The van der Waals surface area contributed by atoms with Crippen LogP contribution in [0.3, 0.4) is 0 Å². The number of halogens is 3. The molecule has 0 saturated carbocycles. The van der Waals surface area contributed by atoms with Gasteiger partial charge in [0.05, 0.1) is 30.4 Å². The van der Waals surface area contributed by atoms with Gasteiger partial charge in [0.15, 0.2) is 11.6 Å². The van der Waals surface area contributed by atoms with Crippen LogP contribution in [-0.4, -0.2) is 25.7 Å². The summed E-state index contributed by atoms with van der Waals surface area (Å²) in [7, 11) is 0. The Morgan fingerprint density at radius 2 is 1.95 bits per heavy atom. The molecule has 0 radical (unpaired) electrons. The van der Waals surface area contributed by atoms with Gasteiger partial charge in [0.2, 0.25) is 5.95 Å². The lowest BCUT2D eigenvalue weighted by Crippen LogP contribution is -2.43. The number of aryl methyl sites for hydroxylation is 1. The van der Waals surface area contributed by atoms with Crippen LogP contribution in [0.1, 0.15) is 22.3 Å². The number of aromatic nitrogens is 4. The molecule has 3 heterocycles. The number of hydrogen-bond acceptors (Lipinski definition) is 6. The summed E-state index contributed by atoms with van der Waals surface area (Å²) < 4.78 is 35.4. The van der Waals surface area contributed by atoms with Crippen molar-refractivity contribution in [1.29, 1.82) is 0 Å². The van der Waals surface area contributed by atoms with Crippen molar-refractivity contribution in [2.24, 2.45) is 0 Å². The molecule has 1 aliphatic heterocycles. The van der Waals surface area contributed by atoms with Crippen LogP contribution in [-0.2, 0) is 19.5 Å². The van der Waals surface area contributed by atoms with Crippen LogP contribution < -0.4 is 27.0 Å². The van der Waals surface area contributed by atoms with E-state index in [2.05, 4.69) is 15.3 Å². The summed E-state index contributed by atoms with van der Waals surface area (Å²) in [5.74, 6) is -1.58. The van der Waals surface area contributed by atoms with Crippen LogP contribution >= 0.6 is 11.6 Å². The number of anilines is 2. The Balaban J connectivity index is 1.63. The molecular formula is C25H20ClF2N5O4. The molecule has 0 aliphatic carbocycles. The highest BCUT2D eigenvalue weighted by atomic mass is 35.5. The number of nitrogens with one attached hydrogen (secondary N) is 2. The Hall–Kier alpha value is -4.25. The number of nitrogens with zero attached hydrogens (tertiary/aromatic N) is 3. The molecule has 0 bridgehead atoms. The number of pyridine rings is 1. The van der Waals surface area contributed by atoms with E-state index in [1.807, 2.05) is 0 Å². The van der Waals surface area contributed by atoms with Gasteiger partial charge in [0, 0.05) is 24.2 Å². The zero-order valence-corrected chi connectivity index (χ0v) is 20.2. The fourth-order valence-electron chi connectivity index (χ4n) is 4.14. The maximum atomic E-state index is 14.1. The Bertz CT molecular complexity index is 1690. The van der Waals surface area contributed by atoms with Gasteiger partial charge in [-0.05, 0) is 41.8 Å². The standard InChI is InChI=1S/C25H20ClF2N5O4/c1-13-7-14(8-18(27)21(13)28)11-32-23(30-19-9-15-4-6-37-20(15)10-17(19)26)31-24(35)33(25(32)36)12-16-3-2-5-29-22(16)34/h2-3,5,7-10H,4,6,11-12H2,1H3,(H,29,34)(H,30,31,35). The van der Waals surface area contributed by atoms with E-state index >= 15 is 0 Å². The average Bonchev–Trinajstić information content (AvgIpc) is 3.31. The molecule has 9 nitrogen and oxygen atoms in total. The topological polar surface area (TPSA) is 111 Å². The largest absolute Gasteiger partial charge is 0.493 e. The summed E-state index contributed by atoms with van der Waals surface area (Å²) >= 11 is 6.39. The zero-order valence-electron chi connectivity index (χ0n) is 19.5. The second-order valence-electron chi connectivity index (χ2n) is 8.57. The van der Waals surface area contributed by atoms with Gasteiger partial charge >= 0.3 is 11.4 Å². The van der Waals surface area contributed by atoms with E-state index in [9.17, 15) is 23.2 Å². The molecule has 4 aromatic rings. The van der Waals surface area contributed by atoms with Crippen molar-refractivity contribution in [2.75, 3.05) is 11.9 Å². The first-order valence-electron chi connectivity index (χ1n) is 11.3. The van der Waals surface area contributed by atoms with Gasteiger partial charge in [0.1, 0.15) is 5.75 Å². The van der Waals surface area contributed by atoms with Gasteiger partial charge in [-0.15, -0.1) is 0 Å². The maximum absolute atomic E-state index is 14.1.